The van der Waals surface area contributed by atoms with Crippen molar-refractivity contribution in [3.63, 3.8) is 0 Å². The van der Waals surface area contributed by atoms with Gasteiger partial charge in [-0.15, -0.1) is 0 Å². The molecule has 0 bridgehead atoms. The van der Waals surface area contributed by atoms with E-state index in [2.05, 4.69) is 4.98 Å². The minimum atomic E-state index is -0.258. The predicted octanol–water partition coefficient (Wildman–Crippen LogP) is 2.83. The Balaban J connectivity index is 2.28. The predicted molar refractivity (Wildman–Crippen MR) is 62.7 cm³/mol. The van der Waals surface area contributed by atoms with E-state index in [4.69, 9.17) is 5.73 Å². The van der Waals surface area contributed by atoms with Crippen molar-refractivity contribution in [1.82, 2.24) is 4.98 Å². The standard InChI is InChI=1S/C12H11FN2S/c13-10-4-5-11(9(7-10)8-14)16-12-3-1-2-6-15-12/h1-7H,8,14H2. The normalized spacial score (nSPS) is 10.4. The van der Waals surface area contributed by atoms with Crippen molar-refractivity contribution < 1.29 is 4.39 Å². The van der Waals surface area contributed by atoms with Gasteiger partial charge in [-0.1, -0.05) is 17.8 Å². The van der Waals surface area contributed by atoms with Crippen LogP contribution < -0.4 is 5.73 Å². The molecular weight excluding hydrogens is 223 g/mol. The molecule has 4 heteroatoms. The highest BCUT2D eigenvalue weighted by atomic mass is 32.2. The molecule has 2 nitrogen and oxygen atoms in total. The lowest BCUT2D eigenvalue weighted by atomic mass is 10.2. The van der Waals surface area contributed by atoms with Crippen LogP contribution >= 0.6 is 11.8 Å². The van der Waals surface area contributed by atoms with Gasteiger partial charge >= 0.3 is 0 Å². The van der Waals surface area contributed by atoms with Gasteiger partial charge in [0.1, 0.15) is 10.8 Å². The SMILES string of the molecule is NCc1cc(F)ccc1Sc1ccccn1. The summed E-state index contributed by atoms with van der Waals surface area (Å²) in [5, 5.41) is 0.879. The van der Waals surface area contributed by atoms with E-state index in [0.29, 0.717) is 6.54 Å². The zero-order chi connectivity index (χ0) is 11.4. The van der Waals surface area contributed by atoms with Crippen LogP contribution in [0.1, 0.15) is 5.56 Å². The van der Waals surface area contributed by atoms with Crippen LogP contribution in [0.3, 0.4) is 0 Å². The molecule has 82 valence electrons. The number of aromatic nitrogens is 1. The summed E-state index contributed by atoms with van der Waals surface area (Å²) in [5.41, 5.74) is 6.37. The molecule has 0 aliphatic carbocycles. The Morgan fingerprint density at radius 2 is 2.12 bits per heavy atom. The molecule has 0 radical (unpaired) electrons. The molecule has 0 fully saturated rings. The third kappa shape index (κ3) is 2.59. The molecule has 0 amide bonds. The molecule has 0 atom stereocenters. The molecular formula is C12H11FN2S. The maximum Gasteiger partial charge on any atom is 0.123 e. The summed E-state index contributed by atoms with van der Waals surface area (Å²) in [6.45, 7) is 0.326. The van der Waals surface area contributed by atoms with E-state index in [1.165, 1.54) is 23.9 Å². The van der Waals surface area contributed by atoms with Gasteiger partial charge in [-0.05, 0) is 35.9 Å². The topological polar surface area (TPSA) is 38.9 Å². The summed E-state index contributed by atoms with van der Waals surface area (Å²) in [5.74, 6) is -0.258. The number of nitrogens with zero attached hydrogens (tertiary/aromatic N) is 1. The van der Waals surface area contributed by atoms with Gasteiger partial charge < -0.3 is 5.73 Å². The van der Waals surface area contributed by atoms with Gasteiger partial charge in [-0.3, -0.25) is 0 Å². The zero-order valence-electron chi connectivity index (χ0n) is 8.56. The first-order chi connectivity index (χ1) is 7.79. The first-order valence-corrected chi connectivity index (χ1v) is 5.68. The van der Waals surface area contributed by atoms with Crippen molar-refractivity contribution in [2.45, 2.75) is 16.5 Å². The highest BCUT2D eigenvalue weighted by molar-refractivity contribution is 7.99. The summed E-state index contributed by atoms with van der Waals surface area (Å²) in [6, 6.07) is 10.3. The molecule has 16 heavy (non-hydrogen) atoms. The molecule has 2 aromatic rings. The third-order valence-electron chi connectivity index (χ3n) is 2.09. The van der Waals surface area contributed by atoms with E-state index >= 15 is 0 Å². The number of nitrogens with two attached hydrogens (primary N) is 1. The smallest absolute Gasteiger partial charge is 0.123 e. The van der Waals surface area contributed by atoms with Gasteiger partial charge in [0, 0.05) is 17.6 Å². The quantitative estimate of drug-likeness (QED) is 0.887. The highest BCUT2D eigenvalue weighted by Gasteiger charge is 2.05. The molecule has 2 N–H and O–H groups in total. The Kier molecular flexibility index (Phi) is 3.54. The van der Waals surface area contributed by atoms with Crippen molar-refractivity contribution in [2.24, 2.45) is 5.73 Å². The number of rotatable bonds is 3. The Labute approximate surface area is 97.7 Å². The number of hydrogen-bond acceptors (Lipinski definition) is 3. The van der Waals surface area contributed by atoms with Gasteiger partial charge in [0.05, 0.1) is 0 Å². The fourth-order valence-corrected chi connectivity index (χ4v) is 2.22. The molecule has 1 aromatic heterocycles. The third-order valence-corrected chi connectivity index (χ3v) is 3.16. The largest absolute Gasteiger partial charge is 0.326 e. The Morgan fingerprint density at radius 3 is 2.81 bits per heavy atom. The van der Waals surface area contributed by atoms with Crippen molar-refractivity contribution in [1.29, 1.82) is 0 Å². The average Bonchev–Trinajstić information content (AvgIpc) is 2.33. The Bertz CT molecular complexity index is 474. The maximum absolute atomic E-state index is 13.0. The van der Waals surface area contributed by atoms with Crippen LogP contribution in [-0.2, 0) is 6.54 Å². The van der Waals surface area contributed by atoms with Crippen molar-refractivity contribution >= 4 is 11.8 Å². The summed E-state index contributed by atoms with van der Waals surface area (Å²) < 4.78 is 13.0. The van der Waals surface area contributed by atoms with Crippen LogP contribution in [0.2, 0.25) is 0 Å². The Hall–Kier alpha value is -1.39. The van der Waals surface area contributed by atoms with Gasteiger partial charge in [-0.25, -0.2) is 9.37 Å². The van der Waals surface area contributed by atoms with Gasteiger partial charge in [0.15, 0.2) is 0 Å². The van der Waals surface area contributed by atoms with Crippen molar-refractivity contribution in [2.75, 3.05) is 0 Å². The fourth-order valence-electron chi connectivity index (χ4n) is 1.33. The monoisotopic (exact) mass is 234 g/mol. The van der Waals surface area contributed by atoms with Crippen LogP contribution in [0.5, 0.6) is 0 Å². The summed E-state index contributed by atoms with van der Waals surface area (Å²) in [6.07, 6.45) is 1.73. The van der Waals surface area contributed by atoms with E-state index in [1.807, 2.05) is 18.2 Å². The number of hydrogen-bond donors (Lipinski definition) is 1. The zero-order valence-corrected chi connectivity index (χ0v) is 9.38. The molecule has 0 saturated carbocycles. The fraction of sp³-hybridized carbons (Fsp3) is 0.0833. The highest BCUT2D eigenvalue weighted by Crippen LogP contribution is 2.29. The lowest BCUT2D eigenvalue weighted by molar-refractivity contribution is 0.623. The van der Waals surface area contributed by atoms with Crippen LogP contribution in [0.15, 0.2) is 52.5 Å². The number of benzene rings is 1. The van der Waals surface area contributed by atoms with Crippen molar-refractivity contribution in [3.8, 4) is 0 Å². The van der Waals surface area contributed by atoms with Gasteiger partial charge in [0.25, 0.3) is 0 Å². The number of pyridine rings is 1. The molecule has 1 heterocycles. The molecule has 0 aliphatic heterocycles. The molecule has 1 aromatic carbocycles. The summed E-state index contributed by atoms with van der Waals surface area (Å²) in [7, 11) is 0. The molecule has 0 aliphatic rings. The lowest BCUT2D eigenvalue weighted by Crippen LogP contribution is -1.99. The van der Waals surface area contributed by atoms with Gasteiger partial charge in [-0.2, -0.15) is 0 Å². The van der Waals surface area contributed by atoms with Crippen LogP contribution in [0.4, 0.5) is 4.39 Å². The molecule has 0 unspecified atom stereocenters. The second-order valence-electron chi connectivity index (χ2n) is 3.23. The second kappa shape index (κ2) is 5.09. The first kappa shape index (κ1) is 11.1. The van der Waals surface area contributed by atoms with Crippen LogP contribution in [-0.4, -0.2) is 4.98 Å². The van der Waals surface area contributed by atoms with Crippen molar-refractivity contribution in [3.05, 3.63) is 54.0 Å². The molecule has 2 rings (SSSR count). The molecule has 0 saturated heterocycles. The lowest BCUT2D eigenvalue weighted by Gasteiger charge is -2.06. The number of halogens is 1. The van der Waals surface area contributed by atoms with Crippen LogP contribution in [0, 0.1) is 5.82 Å². The molecule has 0 spiro atoms. The van der Waals surface area contributed by atoms with Crippen LogP contribution in [0.25, 0.3) is 0 Å². The minimum absolute atomic E-state index is 0.258. The maximum atomic E-state index is 13.0. The Morgan fingerprint density at radius 1 is 1.25 bits per heavy atom. The summed E-state index contributed by atoms with van der Waals surface area (Å²) >= 11 is 1.49. The van der Waals surface area contributed by atoms with Gasteiger partial charge in [0.2, 0.25) is 0 Å². The van der Waals surface area contributed by atoms with E-state index in [1.54, 1.807) is 12.3 Å². The van der Waals surface area contributed by atoms with E-state index < -0.39 is 0 Å². The first-order valence-electron chi connectivity index (χ1n) is 4.87. The minimum Gasteiger partial charge on any atom is -0.326 e. The second-order valence-corrected chi connectivity index (χ2v) is 4.29. The van der Waals surface area contributed by atoms with E-state index in [0.717, 1.165) is 15.5 Å². The summed E-state index contributed by atoms with van der Waals surface area (Å²) in [4.78, 5) is 5.15. The van der Waals surface area contributed by atoms with E-state index in [-0.39, 0.29) is 5.82 Å². The van der Waals surface area contributed by atoms with E-state index in [9.17, 15) is 4.39 Å². The average molecular weight is 234 g/mol.